The number of carbonyl (C=O) groups excluding carboxylic acids is 2. The quantitative estimate of drug-likeness (QED) is 0.748. The van der Waals surface area contributed by atoms with E-state index in [1.165, 1.54) is 13.2 Å². The normalized spacial score (nSPS) is 9.73. The van der Waals surface area contributed by atoms with Crippen LogP contribution in [-0.4, -0.2) is 32.2 Å². The van der Waals surface area contributed by atoms with Crippen molar-refractivity contribution in [1.82, 2.24) is 0 Å². The summed E-state index contributed by atoms with van der Waals surface area (Å²) in [6, 6.07) is 13.0. The molecule has 0 fully saturated rings. The summed E-state index contributed by atoms with van der Waals surface area (Å²) >= 11 is 5.88. The van der Waals surface area contributed by atoms with Gasteiger partial charge in [-0.3, -0.25) is 4.79 Å². The van der Waals surface area contributed by atoms with E-state index in [2.05, 4.69) is 5.32 Å². The highest BCUT2D eigenvalue weighted by molar-refractivity contribution is 6.31. The van der Waals surface area contributed by atoms with Crippen LogP contribution >= 0.6 is 11.6 Å². The minimum Gasteiger partial charge on any atom is -0.495 e. The monoisotopic (exact) mass is 374 g/mol. The maximum Gasteiger partial charge on any atom is 0.344 e. The van der Waals surface area contributed by atoms with Crippen molar-refractivity contribution >= 4 is 29.2 Å². The molecule has 0 bridgehead atoms. The molecule has 0 heterocycles. The van der Waals surface area contributed by atoms with Crippen molar-refractivity contribution < 1.29 is 23.8 Å². The fourth-order valence-electron chi connectivity index (χ4n) is 1.92. The fraction of sp³-hybridized carbons (Fsp3) is 0.167. The van der Waals surface area contributed by atoms with Crippen LogP contribution in [0.3, 0.4) is 0 Å². The molecule has 0 saturated heterocycles. The van der Waals surface area contributed by atoms with Crippen molar-refractivity contribution in [3.8, 4) is 17.6 Å². The van der Waals surface area contributed by atoms with Gasteiger partial charge >= 0.3 is 5.97 Å². The van der Waals surface area contributed by atoms with Gasteiger partial charge in [0, 0.05) is 5.02 Å². The van der Waals surface area contributed by atoms with Gasteiger partial charge in [-0.1, -0.05) is 11.6 Å². The van der Waals surface area contributed by atoms with Gasteiger partial charge in [-0.05, 0) is 42.5 Å². The number of anilines is 1. The molecule has 1 amide bonds. The zero-order valence-corrected chi connectivity index (χ0v) is 14.6. The number of carbonyl (C=O) groups is 2. The van der Waals surface area contributed by atoms with Gasteiger partial charge in [-0.2, -0.15) is 5.26 Å². The van der Waals surface area contributed by atoms with Gasteiger partial charge in [0.05, 0.1) is 24.4 Å². The first-order valence-corrected chi connectivity index (χ1v) is 7.81. The molecule has 0 aliphatic rings. The zero-order valence-electron chi connectivity index (χ0n) is 13.8. The van der Waals surface area contributed by atoms with Crippen LogP contribution in [0.1, 0.15) is 5.56 Å². The average molecular weight is 375 g/mol. The van der Waals surface area contributed by atoms with Gasteiger partial charge in [0.15, 0.2) is 13.2 Å². The molecule has 8 heteroatoms. The lowest BCUT2D eigenvalue weighted by Crippen LogP contribution is -2.23. The fourth-order valence-corrected chi connectivity index (χ4v) is 2.09. The highest BCUT2D eigenvalue weighted by Crippen LogP contribution is 2.27. The molecule has 1 N–H and O–H groups in total. The Morgan fingerprint density at radius 1 is 1.15 bits per heavy atom. The van der Waals surface area contributed by atoms with Crippen LogP contribution in [0.4, 0.5) is 5.69 Å². The maximum atomic E-state index is 11.9. The van der Waals surface area contributed by atoms with E-state index in [1.807, 2.05) is 6.07 Å². The molecule has 0 atom stereocenters. The van der Waals surface area contributed by atoms with Gasteiger partial charge in [-0.15, -0.1) is 0 Å². The second-order valence-corrected chi connectivity index (χ2v) is 5.41. The SMILES string of the molecule is COc1ccc(Cl)cc1NC(=O)COC(=O)COc1ccc(C#N)cc1. The molecule has 0 saturated carbocycles. The molecule has 26 heavy (non-hydrogen) atoms. The van der Waals surface area contributed by atoms with Crippen molar-refractivity contribution in [2.75, 3.05) is 25.6 Å². The topological polar surface area (TPSA) is 97.7 Å². The number of amides is 1. The number of nitrogens with zero attached hydrogens (tertiary/aromatic N) is 1. The van der Waals surface area contributed by atoms with Crippen molar-refractivity contribution in [1.29, 1.82) is 5.26 Å². The average Bonchev–Trinajstić information content (AvgIpc) is 2.65. The third-order valence-electron chi connectivity index (χ3n) is 3.14. The van der Waals surface area contributed by atoms with Crippen LogP contribution in [0.25, 0.3) is 0 Å². The molecule has 2 aromatic rings. The Labute approximate surface area is 155 Å². The Morgan fingerprint density at radius 3 is 2.54 bits per heavy atom. The van der Waals surface area contributed by atoms with Crippen LogP contribution in [0.2, 0.25) is 5.02 Å². The standard InChI is InChI=1S/C18H15ClN2O5/c1-24-16-7-4-13(19)8-15(16)21-17(22)10-26-18(23)11-25-14-5-2-12(9-20)3-6-14/h2-8H,10-11H2,1H3,(H,21,22). The number of halogens is 1. The Bertz CT molecular complexity index is 830. The summed E-state index contributed by atoms with van der Waals surface area (Å²) in [5.74, 6) is -0.410. The third kappa shape index (κ3) is 5.69. The lowest BCUT2D eigenvalue weighted by atomic mass is 10.2. The number of rotatable bonds is 7. The Morgan fingerprint density at radius 2 is 1.88 bits per heavy atom. The summed E-state index contributed by atoms with van der Waals surface area (Å²) in [6.07, 6.45) is 0. The van der Waals surface area contributed by atoms with Gasteiger partial charge in [-0.25, -0.2) is 4.79 Å². The van der Waals surface area contributed by atoms with Crippen molar-refractivity contribution in [2.45, 2.75) is 0 Å². The summed E-state index contributed by atoms with van der Waals surface area (Å²) in [7, 11) is 1.46. The molecular weight excluding hydrogens is 360 g/mol. The molecule has 0 spiro atoms. The number of nitriles is 1. The molecule has 2 rings (SSSR count). The molecule has 0 unspecified atom stereocenters. The molecule has 2 aromatic carbocycles. The van der Waals surface area contributed by atoms with E-state index < -0.39 is 18.5 Å². The number of ether oxygens (including phenoxy) is 3. The van der Waals surface area contributed by atoms with Gasteiger partial charge < -0.3 is 19.5 Å². The lowest BCUT2D eigenvalue weighted by molar-refractivity contribution is -0.149. The smallest absolute Gasteiger partial charge is 0.344 e. The molecule has 0 aromatic heterocycles. The highest BCUT2D eigenvalue weighted by atomic mass is 35.5. The van der Waals surface area contributed by atoms with Crippen molar-refractivity contribution in [3.63, 3.8) is 0 Å². The summed E-state index contributed by atoms with van der Waals surface area (Å²) in [6.45, 7) is -0.842. The van der Waals surface area contributed by atoms with E-state index in [0.29, 0.717) is 27.8 Å². The first-order valence-electron chi connectivity index (χ1n) is 7.44. The number of hydrogen-bond donors (Lipinski definition) is 1. The first kappa shape index (κ1) is 19.1. The number of methoxy groups -OCH3 is 1. The second-order valence-electron chi connectivity index (χ2n) is 4.98. The number of nitrogens with one attached hydrogen (secondary N) is 1. The number of benzene rings is 2. The molecule has 0 aliphatic carbocycles. The predicted molar refractivity (Wildman–Crippen MR) is 94.2 cm³/mol. The Balaban J connectivity index is 1.78. The molecule has 134 valence electrons. The molecule has 0 aliphatic heterocycles. The zero-order chi connectivity index (χ0) is 18.9. The number of hydrogen-bond acceptors (Lipinski definition) is 6. The van der Waals surface area contributed by atoms with Gasteiger partial charge in [0.1, 0.15) is 11.5 Å². The second kappa shape index (κ2) is 9.30. The summed E-state index contributed by atoms with van der Waals surface area (Å²) in [5.41, 5.74) is 0.850. The Kier molecular flexibility index (Phi) is 6.83. The number of esters is 1. The van der Waals surface area contributed by atoms with Crippen LogP contribution in [-0.2, 0) is 14.3 Å². The van der Waals surface area contributed by atoms with E-state index in [0.717, 1.165) is 0 Å². The third-order valence-corrected chi connectivity index (χ3v) is 3.38. The van der Waals surface area contributed by atoms with Crippen molar-refractivity contribution in [3.05, 3.63) is 53.1 Å². The summed E-state index contributed by atoms with van der Waals surface area (Å²) < 4.78 is 15.2. The van der Waals surface area contributed by atoms with Gasteiger partial charge in [0.2, 0.25) is 0 Å². The molecular formula is C18H15ClN2O5. The highest BCUT2D eigenvalue weighted by Gasteiger charge is 2.11. The van der Waals surface area contributed by atoms with E-state index >= 15 is 0 Å². The van der Waals surface area contributed by atoms with E-state index in [-0.39, 0.29) is 6.61 Å². The minimum absolute atomic E-state index is 0.361. The van der Waals surface area contributed by atoms with Crippen molar-refractivity contribution in [2.24, 2.45) is 0 Å². The molecule has 0 radical (unpaired) electrons. The van der Waals surface area contributed by atoms with Gasteiger partial charge in [0.25, 0.3) is 5.91 Å². The van der Waals surface area contributed by atoms with Crippen LogP contribution in [0.5, 0.6) is 11.5 Å². The van der Waals surface area contributed by atoms with E-state index in [4.69, 9.17) is 31.1 Å². The lowest BCUT2D eigenvalue weighted by Gasteiger charge is -2.11. The first-order chi connectivity index (χ1) is 12.5. The van der Waals surface area contributed by atoms with Crippen LogP contribution < -0.4 is 14.8 Å². The van der Waals surface area contributed by atoms with E-state index in [9.17, 15) is 9.59 Å². The van der Waals surface area contributed by atoms with E-state index in [1.54, 1.807) is 36.4 Å². The summed E-state index contributed by atoms with van der Waals surface area (Å²) in [4.78, 5) is 23.5. The molecule has 7 nitrogen and oxygen atoms in total. The maximum absolute atomic E-state index is 11.9. The summed E-state index contributed by atoms with van der Waals surface area (Å²) in [5, 5.41) is 11.7. The minimum atomic E-state index is -0.706. The van der Waals surface area contributed by atoms with Crippen LogP contribution in [0.15, 0.2) is 42.5 Å². The Hall–Kier alpha value is -3.24. The van der Waals surface area contributed by atoms with Crippen LogP contribution in [0, 0.1) is 11.3 Å². The predicted octanol–water partition coefficient (Wildman–Crippen LogP) is 2.78. The largest absolute Gasteiger partial charge is 0.495 e.